The van der Waals surface area contributed by atoms with E-state index in [9.17, 15) is 4.79 Å². The molecule has 126 valence electrons. The molecule has 0 bridgehead atoms. The van der Waals surface area contributed by atoms with E-state index in [1.165, 1.54) is 12.8 Å². The quantitative estimate of drug-likeness (QED) is 0.805. The number of para-hydroxylation sites is 2. The number of benzene rings is 1. The number of carbonyl (C=O) groups excluding carboxylic acids is 1. The van der Waals surface area contributed by atoms with E-state index in [0.717, 1.165) is 48.6 Å². The molecular formula is C18H23N5O. The van der Waals surface area contributed by atoms with Crippen molar-refractivity contribution in [2.45, 2.75) is 50.2 Å². The van der Waals surface area contributed by atoms with E-state index < -0.39 is 0 Å². The Hall–Kier alpha value is -1.92. The molecule has 6 nitrogen and oxygen atoms in total. The van der Waals surface area contributed by atoms with Gasteiger partial charge in [-0.05, 0) is 50.2 Å². The monoisotopic (exact) mass is 325 g/mol. The van der Waals surface area contributed by atoms with Crippen LogP contribution < -0.4 is 10.9 Å². The second kappa shape index (κ2) is 5.57. The Bertz CT molecular complexity index is 735. The number of aromatic nitrogens is 2. The molecule has 1 amide bonds. The summed E-state index contributed by atoms with van der Waals surface area (Å²) >= 11 is 0. The van der Waals surface area contributed by atoms with Gasteiger partial charge in [-0.25, -0.2) is 10.4 Å². The lowest BCUT2D eigenvalue weighted by molar-refractivity contribution is -0.134. The van der Waals surface area contributed by atoms with Crippen LogP contribution in [0.25, 0.3) is 11.0 Å². The first-order chi connectivity index (χ1) is 11.8. The number of likely N-dealkylation sites (tertiary alicyclic amines) is 1. The molecule has 2 saturated heterocycles. The molecule has 3 heterocycles. The maximum Gasteiger partial charge on any atom is 0.241 e. The van der Waals surface area contributed by atoms with Crippen molar-refractivity contribution in [2.75, 3.05) is 6.54 Å². The topological polar surface area (TPSA) is 73.1 Å². The minimum absolute atomic E-state index is 0.0756. The highest BCUT2D eigenvalue weighted by Crippen LogP contribution is 2.37. The highest BCUT2D eigenvalue weighted by Gasteiger charge is 2.42. The van der Waals surface area contributed by atoms with Gasteiger partial charge in [0.05, 0.1) is 17.1 Å². The molecule has 0 spiro atoms. The van der Waals surface area contributed by atoms with Crippen molar-refractivity contribution in [1.29, 1.82) is 0 Å². The molecule has 2 aliphatic heterocycles. The number of amides is 1. The summed E-state index contributed by atoms with van der Waals surface area (Å²) < 4.78 is 0. The minimum atomic E-state index is -0.0967. The summed E-state index contributed by atoms with van der Waals surface area (Å²) in [6.45, 7) is 0.826. The number of nitrogens with zero attached hydrogens (tertiary/aromatic N) is 2. The van der Waals surface area contributed by atoms with Crippen LogP contribution in [0.4, 0.5) is 0 Å². The van der Waals surface area contributed by atoms with E-state index in [1.807, 2.05) is 29.2 Å². The van der Waals surface area contributed by atoms with Crippen LogP contribution in [0, 0.1) is 5.92 Å². The first-order valence-electron chi connectivity index (χ1n) is 9.06. The summed E-state index contributed by atoms with van der Waals surface area (Å²) in [6.07, 6.45) is 5.53. The van der Waals surface area contributed by atoms with Gasteiger partial charge < -0.3 is 9.88 Å². The van der Waals surface area contributed by atoms with E-state index in [2.05, 4.69) is 15.8 Å². The van der Waals surface area contributed by atoms with Crippen molar-refractivity contribution in [3.8, 4) is 0 Å². The van der Waals surface area contributed by atoms with Crippen molar-refractivity contribution in [3.05, 3.63) is 30.1 Å². The van der Waals surface area contributed by atoms with E-state index in [4.69, 9.17) is 4.98 Å². The third-order valence-electron chi connectivity index (χ3n) is 5.68. The summed E-state index contributed by atoms with van der Waals surface area (Å²) in [5.74, 6) is 1.90. The molecular weight excluding hydrogens is 302 g/mol. The Morgan fingerprint density at radius 2 is 2.04 bits per heavy atom. The van der Waals surface area contributed by atoms with Gasteiger partial charge in [-0.3, -0.25) is 10.2 Å². The normalized spacial score (nSPS) is 30.3. The van der Waals surface area contributed by atoms with Crippen molar-refractivity contribution in [3.63, 3.8) is 0 Å². The molecule has 5 rings (SSSR count). The van der Waals surface area contributed by atoms with Gasteiger partial charge in [-0.15, -0.1) is 0 Å². The van der Waals surface area contributed by atoms with Crippen LogP contribution in [0.1, 0.15) is 44.0 Å². The maximum atomic E-state index is 13.0. The lowest BCUT2D eigenvalue weighted by Crippen LogP contribution is -2.45. The molecule has 24 heavy (non-hydrogen) atoms. The molecule has 2 aromatic rings. The van der Waals surface area contributed by atoms with Gasteiger partial charge in [0, 0.05) is 12.6 Å². The molecule has 3 N–H and O–H groups in total. The molecule has 1 saturated carbocycles. The van der Waals surface area contributed by atoms with Gasteiger partial charge in [-0.1, -0.05) is 12.1 Å². The zero-order chi connectivity index (χ0) is 16.1. The van der Waals surface area contributed by atoms with Crippen molar-refractivity contribution in [1.82, 2.24) is 25.7 Å². The third-order valence-corrected chi connectivity index (χ3v) is 5.68. The maximum absolute atomic E-state index is 13.0. The zero-order valence-electron chi connectivity index (χ0n) is 13.7. The highest BCUT2D eigenvalue weighted by atomic mass is 16.2. The molecule has 6 heteroatoms. The number of imidazole rings is 1. The summed E-state index contributed by atoms with van der Waals surface area (Å²) in [5.41, 5.74) is 8.58. The van der Waals surface area contributed by atoms with Crippen LogP contribution in [0.15, 0.2) is 24.3 Å². The minimum Gasteiger partial charge on any atom is -0.340 e. The average Bonchev–Trinajstić information content (AvgIpc) is 3.07. The van der Waals surface area contributed by atoms with Crippen LogP contribution in [-0.2, 0) is 4.79 Å². The summed E-state index contributed by atoms with van der Waals surface area (Å²) in [5, 5.41) is 0. The van der Waals surface area contributed by atoms with Crippen LogP contribution >= 0.6 is 0 Å². The third kappa shape index (κ3) is 2.41. The van der Waals surface area contributed by atoms with E-state index >= 15 is 0 Å². The van der Waals surface area contributed by atoms with E-state index in [1.54, 1.807) is 0 Å². The van der Waals surface area contributed by atoms with E-state index in [-0.39, 0.29) is 18.0 Å². The number of aromatic amines is 1. The Labute approximate surface area is 141 Å². The first kappa shape index (κ1) is 14.4. The lowest BCUT2D eigenvalue weighted by atomic mass is 10.1. The number of nitrogens with one attached hydrogen (secondary N) is 3. The summed E-state index contributed by atoms with van der Waals surface area (Å²) in [6, 6.07) is 8.50. The fourth-order valence-electron chi connectivity index (χ4n) is 4.20. The van der Waals surface area contributed by atoms with Gasteiger partial charge in [-0.2, -0.15) is 0 Å². The van der Waals surface area contributed by atoms with Gasteiger partial charge in [0.2, 0.25) is 5.91 Å². The summed E-state index contributed by atoms with van der Waals surface area (Å²) in [7, 11) is 0. The second-order valence-corrected chi connectivity index (χ2v) is 7.35. The molecule has 3 aliphatic rings. The number of hydrogen-bond donors (Lipinski definition) is 3. The van der Waals surface area contributed by atoms with Crippen LogP contribution in [0.3, 0.4) is 0 Å². The first-order valence-corrected chi connectivity index (χ1v) is 9.06. The Balaban J connectivity index is 1.35. The molecule has 1 aromatic carbocycles. The fraction of sp³-hybridized carbons (Fsp3) is 0.556. The van der Waals surface area contributed by atoms with Crippen LogP contribution in [-0.4, -0.2) is 39.4 Å². The van der Waals surface area contributed by atoms with Crippen molar-refractivity contribution in [2.24, 2.45) is 5.92 Å². The lowest BCUT2D eigenvalue weighted by Gasteiger charge is -2.26. The molecule has 0 radical (unpaired) electrons. The number of rotatable bonds is 3. The van der Waals surface area contributed by atoms with Gasteiger partial charge in [0.25, 0.3) is 0 Å². The number of fused-ring (bicyclic) bond motifs is 1. The van der Waals surface area contributed by atoms with Crippen LogP contribution in [0.2, 0.25) is 0 Å². The van der Waals surface area contributed by atoms with Crippen LogP contribution in [0.5, 0.6) is 0 Å². The van der Waals surface area contributed by atoms with Gasteiger partial charge in [0.15, 0.2) is 0 Å². The second-order valence-electron chi connectivity index (χ2n) is 7.35. The van der Waals surface area contributed by atoms with Gasteiger partial charge >= 0.3 is 0 Å². The number of carbonyl (C=O) groups is 1. The molecule has 1 aromatic heterocycles. The SMILES string of the molecule is O=C(C1CC(C2CC2)NN1)N1CCCC1c1nc2ccccc2[nH]1. The Morgan fingerprint density at radius 1 is 1.17 bits per heavy atom. The average molecular weight is 325 g/mol. The van der Waals surface area contributed by atoms with Crippen molar-refractivity contribution < 1.29 is 4.79 Å². The van der Waals surface area contributed by atoms with E-state index in [0.29, 0.717) is 6.04 Å². The number of hydrogen-bond acceptors (Lipinski definition) is 4. The Morgan fingerprint density at radius 3 is 2.88 bits per heavy atom. The molecule has 3 fully saturated rings. The zero-order valence-corrected chi connectivity index (χ0v) is 13.7. The van der Waals surface area contributed by atoms with Crippen molar-refractivity contribution >= 4 is 16.9 Å². The number of hydrazine groups is 1. The molecule has 1 aliphatic carbocycles. The van der Waals surface area contributed by atoms with Gasteiger partial charge in [0.1, 0.15) is 11.9 Å². The smallest absolute Gasteiger partial charge is 0.241 e. The number of H-pyrrole nitrogens is 1. The molecule has 3 atom stereocenters. The largest absolute Gasteiger partial charge is 0.340 e. The predicted molar refractivity (Wildman–Crippen MR) is 91.0 cm³/mol. The predicted octanol–water partition coefficient (Wildman–Crippen LogP) is 1.87. The standard InChI is InChI=1S/C18H23N5O/c24-18(15-10-14(21-22-15)11-7-8-11)23-9-3-6-16(23)17-19-12-4-1-2-5-13(12)20-17/h1-2,4-5,11,14-16,21-22H,3,6-10H2,(H,19,20). The molecule has 3 unspecified atom stereocenters. The fourth-order valence-corrected chi connectivity index (χ4v) is 4.20. The summed E-state index contributed by atoms with van der Waals surface area (Å²) in [4.78, 5) is 23.2. The highest BCUT2D eigenvalue weighted by molar-refractivity contribution is 5.83. The Kier molecular flexibility index (Phi) is 3.35.